The van der Waals surface area contributed by atoms with Crippen molar-refractivity contribution in [3.8, 4) is 23.1 Å². The normalized spacial score (nSPS) is 21.5. The van der Waals surface area contributed by atoms with Crippen molar-refractivity contribution in [2.24, 2.45) is 0 Å². The van der Waals surface area contributed by atoms with Gasteiger partial charge < -0.3 is 40.2 Å². The highest BCUT2D eigenvalue weighted by atomic mass is 19.4. The minimum absolute atomic E-state index is 0.0141. The maximum Gasteiger partial charge on any atom is 0.417 e. The fraction of sp³-hybridized carbons (Fsp3) is 0.462. The lowest BCUT2D eigenvalue weighted by Gasteiger charge is -2.34. The van der Waals surface area contributed by atoms with Crippen molar-refractivity contribution in [3.05, 3.63) is 64.9 Å². The fourth-order valence-electron chi connectivity index (χ4n) is 8.68. The first-order chi connectivity index (χ1) is 27.7. The summed E-state index contributed by atoms with van der Waals surface area (Å²) in [6.45, 7) is 9.69. The fourth-order valence-corrected chi connectivity index (χ4v) is 8.68. The number of nitrogen functional groups attached to an aromatic ring is 2. The maximum absolute atomic E-state index is 17.1. The third-order valence-electron chi connectivity index (χ3n) is 11.5. The zero-order chi connectivity index (χ0) is 41.1. The number of pyridine rings is 2. The number of aryl methyl sites for hydroxylation is 1. The van der Waals surface area contributed by atoms with Gasteiger partial charge in [0, 0.05) is 37.4 Å². The number of amides is 1. The minimum Gasteiger partial charge on any atom is -0.475 e. The topological polar surface area (TPSA) is 167 Å². The first kappa shape index (κ1) is 39.3. The van der Waals surface area contributed by atoms with E-state index in [9.17, 15) is 18.0 Å². The van der Waals surface area contributed by atoms with Crippen molar-refractivity contribution < 1.29 is 45.7 Å². The highest BCUT2D eigenvalue weighted by Gasteiger charge is 2.52. The van der Waals surface area contributed by atoms with Gasteiger partial charge in [-0.15, -0.1) is 0 Å². The van der Waals surface area contributed by atoms with E-state index in [-0.39, 0.29) is 61.3 Å². The van der Waals surface area contributed by atoms with E-state index in [0.29, 0.717) is 57.7 Å². The van der Waals surface area contributed by atoms with Crippen molar-refractivity contribution in [1.29, 1.82) is 0 Å². The van der Waals surface area contributed by atoms with E-state index < -0.39 is 69.1 Å². The Morgan fingerprint density at radius 3 is 2.64 bits per heavy atom. The van der Waals surface area contributed by atoms with Crippen LogP contribution in [0.1, 0.15) is 48.9 Å². The molecule has 4 aromatic rings. The third-order valence-corrected chi connectivity index (χ3v) is 11.5. The predicted octanol–water partition coefficient (Wildman–Crippen LogP) is 5.83. The quantitative estimate of drug-likeness (QED) is 0.124. The standard InChI is InChI=1S/C39H42F5N9O5/c1-20-16-38(7-6-23(53(38)17-20)18-57-37(54)51-9-12-55-13-10-51)19-58-36-49-32-27-34(50-36)52(22(3)24-5-4-8-47-33(24)46)11-14-56-35(27)48-31(30(32)41)26-28(39(42,43)44)21(2)15-25(45)29(26)40/h4-5,8,15,22-23H,1,6-7,9-14,16-19,45H2,2-3H3,(H2,46,47). The monoisotopic (exact) mass is 811 g/mol. The van der Waals surface area contributed by atoms with Gasteiger partial charge in [-0.3, -0.25) is 4.90 Å². The molecule has 0 spiro atoms. The molecule has 4 aliphatic rings. The smallest absolute Gasteiger partial charge is 0.417 e. The largest absolute Gasteiger partial charge is 0.475 e. The molecular weight excluding hydrogens is 769 g/mol. The zero-order valence-corrected chi connectivity index (χ0v) is 31.9. The Hall–Kier alpha value is -5.56. The molecule has 3 atom stereocenters. The van der Waals surface area contributed by atoms with Crippen LogP contribution in [0.15, 0.2) is 36.5 Å². The molecule has 3 fully saturated rings. The number of hydrogen-bond acceptors (Lipinski definition) is 13. The molecule has 3 saturated heterocycles. The minimum atomic E-state index is -5.11. The van der Waals surface area contributed by atoms with Gasteiger partial charge in [0.25, 0.3) is 0 Å². The summed E-state index contributed by atoms with van der Waals surface area (Å²) in [7, 11) is 0. The van der Waals surface area contributed by atoms with Crippen LogP contribution in [0.4, 0.5) is 44.1 Å². The number of halogens is 5. The number of carbonyl (C=O) groups is 1. The van der Waals surface area contributed by atoms with Crippen LogP contribution >= 0.6 is 0 Å². The Kier molecular flexibility index (Phi) is 10.1. The predicted molar refractivity (Wildman–Crippen MR) is 202 cm³/mol. The summed E-state index contributed by atoms with van der Waals surface area (Å²) in [5.74, 6) is -2.83. The molecule has 8 rings (SSSR count). The third kappa shape index (κ3) is 6.92. The number of fused-ring (bicyclic) bond motifs is 1. The molecule has 58 heavy (non-hydrogen) atoms. The number of morpholine rings is 1. The molecule has 308 valence electrons. The number of carbonyl (C=O) groups excluding carboxylic acids is 1. The molecule has 1 amide bonds. The van der Waals surface area contributed by atoms with Gasteiger partial charge in [0.2, 0.25) is 5.88 Å². The SMILES string of the molecule is C=C1CN2C(COC(=O)N3CCOCC3)CCC2(COc2nc3c4c(nc(-c5c(F)c(N)cc(C)c5C(F)(F)F)c(F)c4n2)OCCN3C(C)c2cccnc2N)C1. The van der Waals surface area contributed by atoms with E-state index in [2.05, 4.69) is 26.4 Å². The molecule has 4 aliphatic heterocycles. The van der Waals surface area contributed by atoms with Crippen LogP contribution in [0, 0.1) is 18.6 Å². The van der Waals surface area contributed by atoms with Gasteiger partial charge >= 0.3 is 18.3 Å². The Labute approximate surface area is 329 Å². The van der Waals surface area contributed by atoms with Gasteiger partial charge in [0.1, 0.15) is 48.1 Å². The zero-order valence-electron chi connectivity index (χ0n) is 31.9. The first-order valence-electron chi connectivity index (χ1n) is 18.9. The van der Waals surface area contributed by atoms with Crippen LogP contribution in [0.3, 0.4) is 0 Å². The van der Waals surface area contributed by atoms with Gasteiger partial charge in [-0.05, 0) is 50.8 Å². The van der Waals surface area contributed by atoms with Crippen molar-refractivity contribution in [1.82, 2.24) is 29.7 Å². The van der Waals surface area contributed by atoms with Crippen LogP contribution in [-0.4, -0.2) is 107 Å². The number of benzene rings is 1. The van der Waals surface area contributed by atoms with E-state index in [1.807, 2.05) is 6.92 Å². The van der Waals surface area contributed by atoms with E-state index in [1.54, 1.807) is 21.9 Å². The summed E-state index contributed by atoms with van der Waals surface area (Å²) >= 11 is 0. The molecule has 3 aromatic heterocycles. The van der Waals surface area contributed by atoms with E-state index in [0.717, 1.165) is 18.6 Å². The number of nitrogens with zero attached hydrogens (tertiary/aromatic N) is 7. The van der Waals surface area contributed by atoms with Crippen molar-refractivity contribution >= 4 is 34.3 Å². The molecule has 4 N–H and O–H groups in total. The Morgan fingerprint density at radius 2 is 1.90 bits per heavy atom. The highest BCUT2D eigenvalue weighted by molar-refractivity contribution is 5.97. The van der Waals surface area contributed by atoms with Crippen LogP contribution in [0.5, 0.6) is 11.9 Å². The number of alkyl halides is 3. The summed E-state index contributed by atoms with van der Waals surface area (Å²) in [4.78, 5) is 35.9. The second-order valence-electron chi connectivity index (χ2n) is 15.1. The van der Waals surface area contributed by atoms with Crippen molar-refractivity contribution in [2.45, 2.75) is 56.9 Å². The Balaban J connectivity index is 1.20. The van der Waals surface area contributed by atoms with E-state index >= 15 is 8.78 Å². The van der Waals surface area contributed by atoms with Crippen molar-refractivity contribution in [3.63, 3.8) is 0 Å². The van der Waals surface area contributed by atoms with Gasteiger partial charge in [-0.2, -0.15) is 23.1 Å². The summed E-state index contributed by atoms with van der Waals surface area (Å²) in [6.07, 6.45) is -2.10. The molecule has 0 saturated carbocycles. The number of rotatable bonds is 8. The van der Waals surface area contributed by atoms with E-state index in [4.69, 9.17) is 35.4 Å². The molecule has 19 heteroatoms. The lowest BCUT2D eigenvalue weighted by Crippen LogP contribution is -2.48. The molecule has 3 unspecified atom stereocenters. The lowest BCUT2D eigenvalue weighted by molar-refractivity contribution is -0.137. The molecule has 0 bridgehead atoms. The number of ether oxygens (including phenoxy) is 4. The number of nitrogens with two attached hydrogens (primary N) is 2. The van der Waals surface area contributed by atoms with Gasteiger partial charge in [-0.25, -0.2) is 23.5 Å². The van der Waals surface area contributed by atoms with Gasteiger partial charge in [0.15, 0.2) is 11.6 Å². The molecular formula is C39H42F5N9O5. The van der Waals surface area contributed by atoms with Crippen molar-refractivity contribution in [2.75, 3.05) is 75.6 Å². The second kappa shape index (κ2) is 15.0. The Morgan fingerprint density at radius 1 is 1.12 bits per heavy atom. The lowest BCUT2D eigenvalue weighted by atomic mass is 9.94. The highest BCUT2D eigenvalue weighted by Crippen LogP contribution is 2.48. The molecule has 1 aromatic carbocycles. The first-order valence-corrected chi connectivity index (χ1v) is 18.9. The average molecular weight is 812 g/mol. The number of hydrogen-bond donors (Lipinski definition) is 2. The Bertz CT molecular complexity index is 2290. The average Bonchev–Trinajstić information content (AvgIpc) is 3.62. The van der Waals surface area contributed by atoms with Gasteiger partial charge in [-0.1, -0.05) is 18.2 Å². The van der Waals surface area contributed by atoms with Crippen LogP contribution < -0.4 is 25.8 Å². The summed E-state index contributed by atoms with van der Waals surface area (Å²) in [6, 6.07) is 3.35. The number of aromatic nitrogens is 4. The second-order valence-corrected chi connectivity index (χ2v) is 15.1. The molecule has 7 heterocycles. The molecule has 0 aliphatic carbocycles. The van der Waals surface area contributed by atoms with E-state index in [1.165, 1.54) is 6.20 Å². The van der Waals surface area contributed by atoms with Crippen LogP contribution in [0.2, 0.25) is 0 Å². The van der Waals surface area contributed by atoms with Gasteiger partial charge in [0.05, 0.1) is 48.2 Å². The van der Waals surface area contributed by atoms with Crippen LogP contribution in [-0.2, 0) is 15.7 Å². The summed E-state index contributed by atoms with van der Waals surface area (Å²) in [5.41, 5.74) is 7.87. The molecule has 14 nitrogen and oxygen atoms in total. The maximum atomic E-state index is 17.1. The summed E-state index contributed by atoms with van der Waals surface area (Å²) < 4.78 is 100.0. The van der Waals surface area contributed by atoms with Crippen LogP contribution in [0.25, 0.3) is 22.2 Å². The molecule has 0 radical (unpaired) electrons. The number of anilines is 3. The summed E-state index contributed by atoms with van der Waals surface area (Å²) in [5, 5.41) is -0.0629.